The summed E-state index contributed by atoms with van der Waals surface area (Å²) in [6.45, 7) is 4.19. The fourth-order valence-electron chi connectivity index (χ4n) is 0.568. The van der Waals surface area contributed by atoms with Crippen LogP contribution in [-0.2, 0) is 0 Å². The fraction of sp³-hybridized carbons (Fsp3) is 1.00. The predicted octanol–water partition coefficient (Wildman–Crippen LogP) is 0.332. The van der Waals surface area contributed by atoms with Gasteiger partial charge in [0.2, 0.25) is 0 Å². The molecule has 0 saturated heterocycles. The molecule has 0 radical (unpaired) electrons. The van der Waals surface area contributed by atoms with Crippen molar-refractivity contribution in [3.63, 3.8) is 0 Å². The van der Waals surface area contributed by atoms with Gasteiger partial charge in [0.1, 0.15) is 0 Å². The summed E-state index contributed by atoms with van der Waals surface area (Å²) in [7, 11) is 1.93. The molecule has 50 valence electrons. The van der Waals surface area contributed by atoms with Crippen molar-refractivity contribution in [2.75, 3.05) is 7.05 Å². The molecular weight excluding hydrogens is 100 g/mol. The zero-order valence-electron chi connectivity index (χ0n) is 5.94. The van der Waals surface area contributed by atoms with Gasteiger partial charge < -0.3 is 11.1 Å². The summed E-state index contributed by atoms with van der Waals surface area (Å²) in [6, 6.07) is 0.750. The molecule has 2 nitrogen and oxygen atoms in total. The molecule has 1 unspecified atom stereocenters. The maximum Gasteiger partial charge on any atom is 0.0188 e. The number of likely N-dealkylation sites (N-methyl/N-ethyl adjacent to an activating group) is 1. The molecule has 0 fully saturated rings. The van der Waals surface area contributed by atoms with Gasteiger partial charge in [-0.2, -0.15) is 0 Å². The molecule has 0 aromatic heterocycles. The number of rotatable bonds is 3. The minimum Gasteiger partial charge on any atom is -0.326 e. The first-order valence-electron chi connectivity index (χ1n) is 3.15. The van der Waals surface area contributed by atoms with Gasteiger partial charge in [-0.3, -0.25) is 0 Å². The molecule has 0 aliphatic carbocycles. The van der Waals surface area contributed by atoms with Crippen molar-refractivity contribution in [1.82, 2.24) is 5.32 Å². The lowest BCUT2D eigenvalue weighted by molar-refractivity contribution is 0.479. The van der Waals surface area contributed by atoms with Crippen molar-refractivity contribution in [1.29, 1.82) is 0 Å². The van der Waals surface area contributed by atoms with E-state index in [2.05, 4.69) is 19.2 Å². The van der Waals surface area contributed by atoms with Gasteiger partial charge in [-0.15, -0.1) is 0 Å². The lowest BCUT2D eigenvalue weighted by atomic mass is 10.1. The van der Waals surface area contributed by atoms with E-state index in [0.29, 0.717) is 12.1 Å². The Labute approximate surface area is 51.5 Å². The zero-order chi connectivity index (χ0) is 6.57. The third kappa shape index (κ3) is 2.28. The maximum absolute atomic E-state index is 5.66. The second kappa shape index (κ2) is 3.87. The third-order valence-electron chi connectivity index (χ3n) is 1.57. The zero-order valence-corrected chi connectivity index (χ0v) is 5.94. The predicted molar refractivity (Wildman–Crippen MR) is 36.8 cm³/mol. The van der Waals surface area contributed by atoms with E-state index in [4.69, 9.17) is 5.73 Å². The molecule has 0 spiro atoms. The Hall–Kier alpha value is -0.0800. The van der Waals surface area contributed by atoms with Crippen LogP contribution in [0.25, 0.3) is 0 Å². The molecule has 0 saturated carbocycles. The van der Waals surface area contributed by atoms with Gasteiger partial charge >= 0.3 is 0 Å². The summed E-state index contributed by atoms with van der Waals surface area (Å²) in [5.74, 6) is 0. The van der Waals surface area contributed by atoms with E-state index in [1.165, 1.54) is 0 Å². The summed E-state index contributed by atoms with van der Waals surface area (Å²) < 4.78 is 0. The minimum absolute atomic E-state index is 0.306. The van der Waals surface area contributed by atoms with Crippen LogP contribution in [0.5, 0.6) is 0 Å². The number of hydrogen-bond acceptors (Lipinski definition) is 2. The molecule has 2 heteroatoms. The van der Waals surface area contributed by atoms with Gasteiger partial charge in [0, 0.05) is 12.1 Å². The molecule has 0 aliphatic rings. The van der Waals surface area contributed by atoms with E-state index in [0.717, 1.165) is 6.42 Å². The first-order chi connectivity index (χ1) is 3.72. The van der Waals surface area contributed by atoms with E-state index in [1.54, 1.807) is 0 Å². The Balaban J connectivity index is 3.29. The monoisotopic (exact) mass is 116 g/mol. The summed E-state index contributed by atoms with van der Waals surface area (Å²) in [6.07, 6.45) is 1.04. The molecule has 2 atom stereocenters. The first kappa shape index (κ1) is 7.92. The third-order valence-corrected chi connectivity index (χ3v) is 1.57. The Bertz CT molecular complexity index is 46.5. The van der Waals surface area contributed by atoms with Crippen LogP contribution in [-0.4, -0.2) is 19.1 Å². The van der Waals surface area contributed by atoms with Crippen LogP contribution in [0.15, 0.2) is 0 Å². The highest BCUT2D eigenvalue weighted by atomic mass is 14.9. The molecule has 0 aromatic carbocycles. The van der Waals surface area contributed by atoms with E-state index < -0.39 is 0 Å². The number of nitrogens with one attached hydrogen (secondary N) is 1. The summed E-state index contributed by atoms with van der Waals surface area (Å²) >= 11 is 0. The van der Waals surface area contributed by atoms with Crippen molar-refractivity contribution in [2.45, 2.75) is 32.4 Å². The van der Waals surface area contributed by atoms with Gasteiger partial charge in [0.25, 0.3) is 0 Å². The smallest absolute Gasteiger partial charge is 0.0188 e. The van der Waals surface area contributed by atoms with Crippen LogP contribution in [0, 0.1) is 0 Å². The molecule has 0 heterocycles. The standard InChI is InChI=1S/C6H16N2/c1-4-6(7)5(2)8-3/h5-6,8H,4,7H2,1-3H3/t5?,6-/m0/s1. The van der Waals surface area contributed by atoms with Gasteiger partial charge in [-0.05, 0) is 20.4 Å². The van der Waals surface area contributed by atoms with Crippen LogP contribution < -0.4 is 11.1 Å². The summed E-state index contributed by atoms with van der Waals surface area (Å²) in [5, 5.41) is 3.09. The first-order valence-corrected chi connectivity index (χ1v) is 3.15. The summed E-state index contributed by atoms with van der Waals surface area (Å²) in [5.41, 5.74) is 5.66. The molecule has 0 aromatic rings. The normalized spacial score (nSPS) is 18.0. The molecule has 0 aliphatic heterocycles. The highest BCUT2D eigenvalue weighted by Gasteiger charge is 2.05. The van der Waals surface area contributed by atoms with Crippen molar-refractivity contribution in [3.05, 3.63) is 0 Å². The average Bonchev–Trinajstić information content (AvgIpc) is 1.84. The second-order valence-electron chi connectivity index (χ2n) is 2.15. The number of hydrogen-bond donors (Lipinski definition) is 2. The van der Waals surface area contributed by atoms with E-state index in [1.807, 2.05) is 7.05 Å². The van der Waals surface area contributed by atoms with Crippen molar-refractivity contribution >= 4 is 0 Å². The van der Waals surface area contributed by atoms with Gasteiger partial charge in [0.15, 0.2) is 0 Å². The van der Waals surface area contributed by atoms with Gasteiger partial charge in [-0.1, -0.05) is 6.92 Å². The average molecular weight is 116 g/mol. The van der Waals surface area contributed by atoms with Crippen molar-refractivity contribution in [3.8, 4) is 0 Å². The van der Waals surface area contributed by atoms with Crippen molar-refractivity contribution < 1.29 is 0 Å². The highest BCUT2D eigenvalue weighted by Crippen LogP contribution is 1.91. The van der Waals surface area contributed by atoms with Crippen LogP contribution in [0.1, 0.15) is 20.3 Å². The Kier molecular flexibility index (Phi) is 3.83. The molecule has 3 N–H and O–H groups in total. The van der Waals surface area contributed by atoms with E-state index in [9.17, 15) is 0 Å². The summed E-state index contributed by atoms with van der Waals surface area (Å²) in [4.78, 5) is 0. The van der Waals surface area contributed by atoms with Crippen LogP contribution in [0.2, 0.25) is 0 Å². The molecule has 0 bridgehead atoms. The van der Waals surface area contributed by atoms with Crippen LogP contribution in [0.3, 0.4) is 0 Å². The molecule has 0 amide bonds. The minimum atomic E-state index is 0.306. The highest BCUT2D eigenvalue weighted by molar-refractivity contribution is 4.70. The maximum atomic E-state index is 5.66. The second-order valence-corrected chi connectivity index (χ2v) is 2.15. The van der Waals surface area contributed by atoms with Crippen LogP contribution >= 0.6 is 0 Å². The molecule has 8 heavy (non-hydrogen) atoms. The van der Waals surface area contributed by atoms with Crippen molar-refractivity contribution in [2.24, 2.45) is 5.73 Å². The van der Waals surface area contributed by atoms with Crippen LogP contribution in [0.4, 0.5) is 0 Å². The largest absolute Gasteiger partial charge is 0.326 e. The van der Waals surface area contributed by atoms with Gasteiger partial charge in [-0.25, -0.2) is 0 Å². The van der Waals surface area contributed by atoms with Gasteiger partial charge in [0.05, 0.1) is 0 Å². The lowest BCUT2D eigenvalue weighted by Gasteiger charge is -2.16. The molecule has 0 rings (SSSR count). The molecular formula is C6H16N2. The number of nitrogens with two attached hydrogens (primary N) is 1. The Morgan fingerprint density at radius 1 is 1.62 bits per heavy atom. The SMILES string of the molecule is CC[C@H](N)C(C)NC. The van der Waals surface area contributed by atoms with E-state index >= 15 is 0 Å². The van der Waals surface area contributed by atoms with E-state index in [-0.39, 0.29) is 0 Å². The Morgan fingerprint density at radius 2 is 2.12 bits per heavy atom. The lowest BCUT2D eigenvalue weighted by Crippen LogP contribution is -2.40. The topological polar surface area (TPSA) is 38.0 Å². The Morgan fingerprint density at radius 3 is 2.25 bits per heavy atom. The quantitative estimate of drug-likeness (QED) is 0.557. The fourth-order valence-corrected chi connectivity index (χ4v) is 0.568.